The number of carbonyl (C=O) groups excluding carboxylic acids is 2. The van der Waals surface area contributed by atoms with Gasteiger partial charge in [0.25, 0.3) is 0 Å². The SMILES string of the molecule is C.CC(C)(C)Cc1noc2ccccc12.CC(C)C(=O)CC(C)(C)C.CCCC(=O)c1ccc(C)cc1.COc1ccccc1CCC(C)(C)C. The van der Waals surface area contributed by atoms with Crippen LogP contribution < -0.4 is 4.74 Å². The molecule has 0 aliphatic heterocycles. The Labute approximate surface area is 312 Å². The van der Waals surface area contributed by atoms with Gasteiger partial charge in [-0.2, -0.15) is 0 Å². The molecule has 0 aliphatic rings. The average molecular weight is 702 g/mol. The van der Waals surface area contributed by atoms with Gasteiger partial charge in [-0.25, -0.2) is 0 Å². The van der Waals surface area contributed by atoms with Gasteiger partial charge in [0.15, 0.2) is 11.4 Å². The highest BCUT2D eigenvalue weighted by Crippen LogP contribution is 2.27. The maximum atomic E-state index is 11.4. The predicted molar refractivity (Wildman–Crippen MR) is 219 cm³/mol. The topological polar surface area (TPSA) is 69.4 Å². The van der Waals surface area contributed by atoms with E-state index in [1.165, 1.54) is 17.5 Å². The van der Waals surface area contributed by atoms with Crippen molar-refractivity contribution in [3.63, 3.8) is 0 Å². The molecule has 0 radical (unpaired) electrons. The zero-order valence-electron chi connectivity index (χ0n) is 33.8. The van der Waals surface area contributed by atoms with Crippen molar-refractivity contribution in [2.24, 2.45) is 22.2 Å². The first-order valence-corrected chi connectivity index (χ1v) is 18.2. The van der Waals surface area contributed by atoms with Crippen molar-refractivity contribution in [3.8, 4) is 5.75 Å². The fourth-order valence-corrected chi connectivity index (χ4v) is 4.82. The summed E-state index contributed by atoms with van der Waals surface area (Å²) in [7, 11) is 1.73. The molecule has 0 aliphatic carbocycles. The van der Waals surface area contributed by atoms with E-state index in [0.717, 1.165) is 47.2 Å². The van der Waals surface area contributed by atoms with Crippen LogP contribution in [0.25, 0.3) is 11.0 Å². The van der Waals surface area contributed by atoms with E-state index in [4.69, 9.17) is 9.26 Å². The number of methoxy groups -OCH3 is 1. The van der Waals surface area contributed by atoms with Gasteiger partial charge >= 0.3 is 0 Å². The lowest BCUT2D eigenvalue weighted by atomic mass is 9.87. The Balaban J connectivity index is 0.000000655. The summed E-state index contributed by atoms with van der Waals surface area (Å²) in [5.74, 6) is 1.82. The zero-order chi connectivity index (χ0) is 38.1. The van der Waals surface area contributed by atoms with Gasteiger partial charge in [0.2, 0.25) is 0 Å². The van der Waals surface area contributed by atoms with E-state index in [9.17, 15) is 9.59 Å². The van der Waals surface area contributed by atoms with Crippen LogP contribution in [0.15, 0.2) is 77.3 Å². The van der Waals surface area contributed by atoms with Crippen molar-refractivity contribution >= 4 is 22.5 Å². The number of benzene rings is 3. The van der Waals surface area contributed by atoms with Crippen molar-refractivity contribution in [2.45, 2.75) is 136 Å². The van der Waals surface area contributed by atoms with E-state index in [-0.39, 0.29) is 30.0 Å². The summed E-state index contributed by atoms with van der Waals surface area (Å²) in [6.45, 7) is 27.6. The third-order valence-electron chi connectivity index (χ3n) is 7.69. The number of nitrogens with zero attached hydrogens (tertiary/aromatic N) is 1. The lowest BCUT2D eigenvalue weighted by Crippen LogP contribution is -2.16. The molecule has 51 heavy (non-hydrogen) atoms. The Morgan fingerprint density at radius 2 is 1.35 bits per heavy atom. The fourth-order valence-electron chi connectivity index (χ4n) is 4.82. The van der Waals surface area contributed by atoms with Gasteiger partial charge in [0, 0.05) is 29.7 Å². The molecule has 0 saturated heterocycles. The first-order valence-electron chi connectivity index (χ1n) is 18.2. The number of aromatic nitrogens is 1. The number of carbonyl (C=O) groups is 2. The van der Waals surface area contributed by atoms with Gasteiger partial charge in [-0.1, -0.05) is 156 Å². The van der Waals surface area contributed by atoms with E-state index in [1.807, 2.05) is 82.3 Å². The van der Waals surface area contributed by atoms with Crippen LogP contribution in [-0.2, 0) is 17.6 Å². The first kappa shape index (κ1) is 47.3. The summed E-state index contributed by atoms with van der Waals surface area (Å²) < 4.78 is 10.6. The molecule has 0 spiro atoms. The maximum absolute atomic E-state index is 11.4. The number of para-hydroxylation sites is 2. The summed E-state index contributed by atoms with van der Waals surface area (Å²) in [5.41, 5.74) is 6.08. The quantitative estimate of drug-likeness (QED) is 0.162. The molecule has 284 valence electrons. The maximum Gasteiger partial charge on any atom is 0.167 e. The molecule has 1 aromatic heterocycles. The van der Waals surface area contributed by atoms with E-state index >= 15 is 0 Å². The number of ketones is 2. The van der Waals surface area contributed by atoms with Crippen LogP contribution in [0, 0.1) is 29.1 Å². The first-order chi connectivity index (χ1) is 23.2. The molecule has 0 unspecified atom stereocenters. The summed E-state index contributed by atoms with van der Waals surface area (Å²) in [6, 6.07) is 24.0. The van der Waals surface area contributed by atoms with Gasteiger partial charge < -0.3 is 9.26 Å². The Hall–Kier alpha value is -3.73. The number of hydrogen-bond acceptors (Lipinski definition) is 5. The second kappa shape index (κ2) is 22.3. The third kappa shape index (κ3) is 20.6. The van der Waals surface area contributed by atoms with Crippen LogP contribution >= 0.6 is 0 Å². The smallest absolute Gasteiger partial charge is 0.167 e. The molecule has 3 aromatic carbocycles. The molecule has 4 aromatic rings. The number of fused-ring (bicyclic) bond motifs is 1. The number of rotatable bonds is 9. The number of ether oxygens (including phenoxy) is 1. The predicted octanol–water partition coefficient (Wildman–Crippen LogP) is 13.4. The van der Waals surface area contributed by atoms with Gasteiger partial charge in [-0.15, -0.1) is 0 Å². The van der Waals surface area contributed by atoms with Crippen molar-refractivity contribution in [1.82, 2.24) is 5.16 Å². The summed E-state index contributed by atoms with van der Waals surface area (Å²) in [6.07, 6.45) is 5.51. The van der Waals surface area contributed by atoms with Crippen molar-refractivity contribution in [1.29, 1.82) is 0 Å². The van der Waals surface area contributed by atoms with Crippen molar-refractivity contribution in [3.05, 3.63) is 95.2 Å². The van der Waals surface area contributed by atoms with Crippen LogP contribution in [0.5, 0.6) is 5.75 Å². The van der Waals surface area contributed by atoms with Crippen LogP contribution in [0.2, 0.25) is 0 Å². The van der Waals surface area contributed by atoms with Gasteiger partial charge in [-0.05, 0) is 72.6 Å². The molecule has 5 nitrogen and oxygen atoms in total. The average Bonchev–Trinajstić information content (AvgIpc) is 3.41. The largest absolute Gasteiger partial charge is 0.496 e. The number of hydrogen-bond donors (Lipinski definition) is 0. The summed E-state index contributed by atoms with van der Waals surface area (Å²) in [4.78, 5) is 22.5. The van der Waals surface area contributed by atoms with Gasteiger partial charge in [-0.3, -0.25) is 9.59 Å². The highest BCUT2D eigenvalue weighted by atomic mass is 16.5. The second-order valence-corrected chi connectivity index (χ2v) is 17.1. The Kier molecular flexibility index (Phi) is 20.6. The molecule has 0 fully saturated rings. The molecular weight excluding hydrogens is 631 g/mol. The standard InChI is InChI=1S/C13H20O.C12H15NO.C11H14O.C9H18O.CH4/c1-13(2,3)10-9-11-7-5-6-8-12(11)14-4;1-12(2,3)8-10-9-6-4-5-7-11(9)14-13-10;1-3-4-11(12)10-7-5-9(2)6-8-10;1-7(2)8(10)6-9(3,4)5;/h5-8H,9-10H2,1-4H3;4-7H,8H2,1-3H3;5-8H,3-4H2,1-2H3;7H,6H2,1-5H3;1H4. The second-order valence-electron chi connectivity index (χ2n) is 17.1. The summed E-state index contributed by atoms with van der Waals surface area (Å²) in [5, 5.41) is 5.25. The molecule has 0 bridgehead atoms. The Morgan fingerprint density at radius 3 is 1.84 bits per heavy atom. The van der Waals surface area contributed by atoms with E-state index in [1.54, 1.807) is 7.11 Å². The third-order valence-corrected chi connectivity index (χ3v) is 7.69. The monoisotopic (exact) mass is 702 g/mol. The van der Waals surface area contributed by atoms with Crippen LogP contribution in [0.4, 0.5) is 0 Å². The van der Waals surface area contributed by atoms with E-state index in [2.05, 4.69) is 85.7 Å². The fraction of sp³-hybridized carbons (Fsp3) is 0.543. The minimum Gasteiger partial charge on any atom is -0.496 e. The molecule has 0 atom stereocenters. The van der Waals surface area contributed by atoms with E-state index in [0.29, 0.717) is 24.0 Å². The molecule has 1 heterocycles. The zero-order valence-corrected chi connectivity index (χ0v) is 33.8. The Morgan fingerprint density at radius 1 is 0.784 bits per heavy atom. The van der Waals surface area contributed by atoms with E-state index < -0.39 is 0 Å². The van der Waals surface area contributed by atoms with Crippen LogP contribution in [-0.4, -0.2) is 23.8 Å². The van der Waals surface area contributed by atoms with Gasteiger partial charge in [0.1, 0.15) is 11.5 Å². The molecule has 5 heteroatoms. The highest BCUT2D eigenvalue weighted by molar-refractivity contribution is 5.96. The molecule has 0 N–H and O–H groups in total. The van der Waals surface area contributed by atoms with Crippen molar-refractivity contribution in [2.75, 3.05) is 7.11 Å². The molecular formula is C46H71NO4. The Bertz CT molecular complexity index is 1560. The molecule has 0 saturated carbocycles. The lowest BCUT2D eigenvalue weighted by molar-refractivity contribution is -0.123. The molecule has 4 rings (SSSR count). The normalized spacial score (nSPS) is 11.2. The molecule has 0 amide bonds. The minimum atomic E-state index is 0. The van der Waals surface area contributed by atoms with Crippen molar-refractivity contribution < 1.29 is 18.8 Å². The highest BCUT2D eigenvalue weighted by Gasteiger charge is 2.18. The van der Waals surface area contributed by atoms with Gasteiger partial charge in [0.05, 0.1) is 12.8 Å². The van der Waals surface area contributed by atoms with Crippen LogP contribution in [0.1, 0.15) is 143 Å². The number of Topliss-reactive ketones (excluding diaryl/α,β-unsaturated/α-hetero) is 2. The van der Waals surface area contributed by atoms with Crippen LogP contribution in [0.3, 0.4) is 0 Å². The lowest BCUT2D eigenvalue weighted by Gasteiger charge is -2.18. The minimum absolute atomic E-state index is 0. The summed E-state index contributed by atoms with van der Waals surface area (Å²) >= 11 is 0. The number of aryl methyl sites for hydroxylation is 2.